The van der Waals surface area contributed by atoms with Crippen LogP contribution in [0.4, 0.5) is 0 Å². The molecule has 0 amide bonds. The molecule has 35 heavy (non-hydrogen) atoms. The number of benzene rings is 1. The maximum atomic E-state index is 6.12. The fraction of sp³-hybridized carbons (Fsp3) is 0.444. The summed E-state index contributed by atoms with van der Waals surface area (Å²) in [6.45, 7) is 9.13. The number of aromatic nitrogens is 5. The third-order valence-corrected chi connectivity index (χ3v) is 7.32. The number of hydrogen-bond donors (Lipinski definition) is 1. The lowest BCUT2D eigenvalue weighted by molar-refractivity contribution is 0.141. The number of aromatic amines is 1. The Morgan fingerprint density at radius 2 is 2.03 bits per heavy atom. The summed E-state index contributed by atoms with van der Waals surface area (Å²) in [5.41, 5.74) is 6.70. The van der Waals surface area contributed by atoms with Crippen molar-refractivity contribution in [3.63, 3.8) is 0 Å². The Kier molecular flexibility index (Phi) is 6.00. The van der Waals surface area contributed by atoms with Gasteiger partial charge in [-0.15, -0.1) is 0 Å². The van der Waals surface area contributed by atoms with Crippen LogP contribution in [0.2, 0.25) is 0 Å². The van der Waals surface area contributed by atoms with E-state index >= 15 is 0 Å². The summed E-state index contributed by atoms with van der Waals surface area (Å²) >= 11 is 0. The van der Waals surface area contributed by atoms with Gasteiger partial charge in [-0.05, 0) is 50.1 Å². The van der Waals surface area contributed by atoms with Crippen molar-refractivity contribution in [1.29, 1.82) is 0 Å². The van der Waals surface area contributed by atoms with Crippen molar-refractivity contribution >= 4 is 11.2 Å². The zero-order chi connectivity index (χ0) is 23.8. The van der Waals surface area contributed by atoms with Crippen LogP contribution in [0.3, 0.4) is 0 Å². The van der Waals surface area contributed by atoms with E-state index in [-0.39, 0.29) is 6.10 Å². The molecule has 1 N–H and O–H groups in total. The molecule has 3 aromatic heterocycles. The number of aryl methyl sites for hydroxylation is 1. The summed E-state index contributed by atoms with van der Waals surface area (Å²) in [4.78, 5) is 15.4. The van der Waals surface area contributed by atoms with E-state index in [4.69, 9.17) is 19.6 Å². The van der Waals surface area contributed by atoms with Gasteiger partial charge in [-0.2, -0.15) is 5.10 Å². The number of nitrogens with zero attached hydrogens (tertiary/aromatic N) is 5. The van der Waals surface area contributed by atoms with E-state index in [2.05, 4.69) is 51.7 Å². The number of likely N-dealkylation sites (tertiary alicyclic amines) is 1. The molecule has 182 valence electrons. The Bertz CT molecular complexity index is 1310. The van der Waals surface area contributed by atoms with Crippen LogP contribution in [0, 0.1) is 6.92 Å². The van der Waals surface area contributed by atoms with Gasteiger partial charge in [0.1, 0.15) is 17.4 Å². The second-order valence-electron chi connectivity index (χ2n) is 9.61. The fourth-order valence-corrected chi connectivity index (χ4v) is 5.15. The molecule has 6 rings (SSSR count). The van der Waals surface area contributed by atoms with Crippen LogP contribution >= 0.6 is 0 Å². The van der Waals surface area contributed by atoms with Gasteiger partial charge >= 0.3 is 0 Å². The largest absolute Gasteiger partial charge is 0.488 e. The number of rotatable bonds is 6. The summed E-state index contributed by atoms with van der Waals surface area (Å²) in [6, 6.07) is 6.66. The molecule has 0 saturated carbocycles. The molecule has 0 bridgehead atoms. The highest BCUT2D eigenvalue weighted by molar-refractivity contribution is 5.91. The van der Waals surface area contributed by atoms with Crippen LogP contribution in [0.15, 0.2) is 43.0 Å². The minimum absolute atomic E-state index is 0.137. The molecule has 2 saturated heterocycles. The van der Waals surface area contributed by atoms with Gasteiger partial charge in [0.2, 0.25) is 0 Å². The smallest absolute Gasteiger partial charge is 0.156 e. The van der Waals surface area contributed by atoms with Crippen molar-refractivity contribution < 1.29 is 9.47 Å². The first-order valence-electron chi connectivity index (χ1n) is 12.6. The van der Waals surface area contributed by atoms with Crippen LogP contribution in [0.5, 0.6) is 5.75 Å². The molecule has 0 spiro atoms. The van der Waals surface area contributed by atoms with Gasteiger partial charge in [0, 0.05) is 48.6 Å². The first kappa shape index (κ1) is 22.2. The molecule has 0 aliphatic carbocycles. The average molecular weight is 473 g/mol. The van der Waals surface area contributed by atoms with Gasteiger partial charge in [0.25, 0.3) is 0 Å². The Morgan fingerprint density at radius 1 is 1.14 bits per heavy atom. The van der Waals surface area contributed by atoms with Gasteiger partial charge in [0.15, 0.2) is 5.65 Å². The predicted molar refractivity (Wildman–Crippen MR) is 136 cm³/mol. The van der Waals surface area contributed by atoms with E-state index in [1.54, 1.807) is 0 Å². The van der Waals surface area contributed by atoms with E-state index in [1.807, 2.05) is 24.7 Å². The maximum Gasteiger partial charge on any atom is 0.156 e. The highest BCUT2D eigenvalue weighted by Crippen LogP contribution is 2.32. The monoisotopic (exact) mass is 472 g/mol. The van der Waals surface area contributed by atoms with Crippen LogP contribution in [-0.4, -0.2) is 68.6 Å². The third-order valence-electron chi connectivity index (χ3n) is 7.32. The third kappa shape index (κ3) is 4.44. The molecular formula is C27H32N6O2. The van der Waals surface area contributed by atoms with E-state index in [0.717, 1.165) is 90.4 Å². The van der Waals surface area contributed by atoms with Gasteiger partial charge in [-0.1, -0.05) is 6.92 Å². The first-order valence-corrected chi connectivity index (χ1v) is 12.6. The van der Waals surface area contributed by atoms with Crippen molar-refractivity contribution in [2.45, 2.75) is 45.3 Å². The molecule has 0 radical (unpaired) electrons. The molecule has 2 fully saturated rings. The van der Waals surface area contributed by atoms with E-state index in [0.29, 0.717) is 12.6 Å². The maximum absolute atomic E-state index is 6.12. The normalized spacial score (nSPS) is 19.5. The van der Waals surface area contributed by atoms with Crippen LogP contribution in [-0.2, 0) is 4.74 Å². The molecule has 5 heterocycles. The summed E-state index contributed by atoms with van der Waals surface area (Å²) in [6.07, 6.45) is 11.3. The molecular weight excluding hydrogens is 440 g/mol. The topological polar surface area (TPSA) is 81.1 Å². The lowest BCUT2D eigenvalue weighted by Gasteiger charge is -2.31. The van der Waals surface area contributed by atoms with E-state index in [1.165, 1.54) is 0 Å². The summed E-state index contributed by atoms with van der Waals surface area (Å²) in [5, 5.41) is 4.71. The van der Waals surface area contributed by atoms with Crippen molar-refractivity contribution in [3.05, 3.63) is 48.5 Å². The number of H-pyrrole nitrogens is 1. The number of ether oxygens (including phenoxy) is 2. The lowest BCUT2D eigenvalue weighted by atomic mass is 10.1. The Labute approximate surface area is 205 Å². The van der Waals surface area contributed by atoms with Gasteiger partial charge in [0.05, 0.1) is 37.3 Å². The minimum atomic E-state index is 0.137. The second kappa shape index (κ2) is 9.43. The predicted octanol–water partition coefficient (Wildman–Crippen LogP) is 4.62. The fourth-order valence-electron chi connectivity index (χ4n) is 5.15. The van der Waals surface area contributed by atoms with Crippen LogP contribution in [0.1, 0.15) is 37.8 Å². The SMILES string of the molecule is CCN1CCC(n2cc(-c3c[nH]c4ncc(-c5ccc(O[C@H]6CCOC6)c(C)c5)nc34)cn2)CC1. The zero-order valence-corrected chi connectivity index (χ0v) is 20.4. The minimum Gasteiger partial charge on any atom is -0.488 e. The van der Waals surface area contributed by atoms with E-state index < -0.39 is 0 Å². The highest BCUT2D eigenvalue weighted by atomic mass is 16.5. The molecule has 8 nitrogen and oxygen atoms in total. The van der Waals surface area contributed by atoms with Crippen molar-refractivity contribution in [2.75, 3.05) is 32.8 Å². The Hall–Kier alpha value is -3.23. The number of piperidine rings is 1. The second-order valence-corrected chi connectivity index (χ2v) is 9.61. The van der Waals surface area contributed by atoms with Crippen molar-refractivity contribution in [1.82, 2.24) is 29.6 Å². The number of nitrogens with one attached hydrogen (secondary N) is 1. The quantitative estimate of drug-likeness (QED) is 0.441. The van der Waals surface area contributed by atoms with Gasteiger partial charge in [-0.3, -0.25) is 4.68 Å². The lowest BCUT2D eigenvalue weighted by Crippen LogP contribution is -2.34. The van der Waals surface area contributed by atoms with Gasteiger partial charge in [-0.25, -0.2) is 9.97 Å². The Balaban J connectivity index is 1.25. The van der Waals surface area contributed by atoms with Crippen LogP contribution in [0.25, 0.3) is 33.5 Å². The molecule has 2 aliphatic rings. The van der Waals surface area contributed by atoms with Crippen molar-refractivity contribution in [2.24, 2.45) is 0 Å². The number of fused-ring (bicyclic) bond motifs is 1. The average Bonchev–Trinajstić information content (AvgIpc) is 3.66. The molecule has 1 atom stereocenters. The van der Waals surface area contributed by atoms with Gasteiger partial charge < -0.3 is 19.4 Å². The van der Waals surface area contributed by atoms with Crippen molar-refractivity contribution in [3.8, 4) is 28.1 Å². The molecule has 8 heteroatoms. The standard InChI is InChI=1S/C27H32N6O2/c1-3-32-9-6-21(7-10-32)33-16-20(13-30-33)23-14-28-27-26(23)31-24(15-29-27)19-4-5-25(18(2)12-19)35-22-8-11-34-17-22/h4-5,12-16,21-22H,3,6-11,17H2,1-2H3,(H,28,29)/t22-/m0/s1. The molecule has 2 aliphatic heterocycles. The Morgan fingerprint density at radius 3 is 2.80 bits per heavy atom. The summed E-state index contributed by atoms with van der Waals surface area (Å²) < 4.78 is 13.7. The highest BCUT2D eigenvalue weighted by Gasteiger charge is 2.22. The summed E-state index contributed by atoms with van der Waals surface area (Å²) in [7, 11) is 0. The summed E-state index contributed by atoms with van der Waals surface area (Å²) in [5.74, 6) is 0.901. The molecule has 4 aromatic rings. The first-order chi connectivity index (χ1) is 17.2. The van der Waals surface area contributed by atoms with E-state index in [9.17, 15) is 0 Å². The number of hydrogen-bond acceptors (Lipinski definition) is 6. The zero-order valence-electron chi connectivity index (χ0n) is 20.4. The molecule has 0 unspecified atom stereocenters. The molecule has 1 aromatic carbocycles. The van der Waals surface area contributed by atoms with Crippen LogP contribution < -0.4 is 4.74 Å².